The highest BCUT2D eigenvalue weighted by atomic mass is 16.4. The van der Waals surface area contributed by atoms with Gasteiger partial charge in [0.25, 0.3) is 5.97 Å². The van der Waals surface area contributed by atoms with Gasteiger partial charge in [-0.2, -0.15) is 0 Å². The van der Waals surface area contributed by atoms with Gasteiger partial charge >= 0.3 is 0 Å². The van der Waals surface area contributed by atoms with Gasteiger partial charge in [0.2, 0.25) is 0 Å². The molecule has 0 heterocycles. The molecule has 0 spiro atoms. The van der Waals surface area contributed by atoms with Crippen molar-refractivity contribution < 1.29 is 102 Å². The lowest BCUT2D eigenvalue weighted by Gasteiger charge is -1.96. The van der Waals surface area contributed by atoms with Crippen molar-refractivity contribution in [3.05, 3.63) is 0 Å². The van der Waals surface area contributed by atoms with Crippen molar-refractivity contribution in [2.45, 2.75) is 43.5 Å². The van der Waals surface area contributed by atoms with E-state index in [4.69, 9.17) is 102 Å². The monoisotopic (exact) mass is 612 g/mol. The molecule has 0 fully saturated rings. The first-order valence-electron chi connectivity index (χ1n) is 11.2. The Hall–Kier alpha value is -1.25. The number of carboxylic acids is 1. The molecule has 0 aliphatic carbocycles. The molecular weight excluding hydrogens is 560 g/mol. The summed E-state index contributed by atoms with van der Waals surface area (Å²) in [5.41, 5.74) is 0. The zero-order valence-electron chi connectivity index (χ0n) is 22.4. The van der Waals surface area contributed by atoms with E-state index in [0.717, 1.165) is 6.92 Å². The Morgan fingerprint density at radius 3 is 0.400 bits per heavy atom. The molecule has 0 aliphatic rings. The summed E-state index contributed by atoms with van der Waals surface area (Å²) in [5, 5.41) is 152. The first kappa shape index (κ1) is 54.8. The minimum atomic E-state index is -0.954. The van der Waals surface area contributed by atoms with Crippen LogP contribution in [0.5, 0.6) is 0 Å². The molecule has 0 aromatic heterocycles. The summed E-state index contributed by atoms with van der Waals surface area (Å²) in [7, 11) is 0. The third-order valence-electron chi connectivity index (χ3n) is 2.53. The maximum Gasteiger partial charge on any atom is 0.300 e. The number of aliphatic carboxylic acids is 1. The number of aliphatic hydroxyl groups is 18. The fourth-order valence-electron chi connectivity index (χ4n) is 0.346. The molecule has 0 saturated carbocycles. The number of carbonyl (C=O) groups is 1. The molecule has 0 aromatic carbocycles. The van der Waals surface area contributed by atoms with Crippen LogP contribution in [0.1, 0.15) is 6.92 Å². The Kier molecular flexibility index (Phi) is 69.3. The lowest BCUT2D eigenvalue weighted by Crippen LogP contribution is -2.15. The van der Waals surface area contributed by atoms with E-state index in [1.807, 2.05) is 0 Å². The van der Waals surface area contributed by atoms with Crippen LogP contribution in [-0.2, 0) is 4.79 Å². The summed E-state index contributed by atoms with van der Waals surface area (Å²) in [4.78, 5) is 9.00. The molecule has 0 radical (unpaired) electrons. The molecule has 40 heavy (non-hydrogen) atoms. The zero-order chi connectivity index (χ0) is 33.5. The van der Waals surface area contributed by atoms with E-state index in [-0.39, 0.29) is 79.3 Å². The van der Waals surface area contributed by atoms with Crippen LogP contribution < -0.4 is 0 Å². The number of hydrogen-bond acceptors (Lipinski definition) is 19. The van der Waals surface area contributed by atoms with Crippen LogP contribution in [0.2, 0.25) is 0 Å². The lowest BCUT2D eigenvalue weighted by molar-refractivity contribution is -0.134. The van der Waals surface area contributed by atoms with Crippen LogP contribution in [0.25, 0.3) is 0 Å². The molecule has 0 saturated heterocycles. The highest BCUT2D eigenvalue weighted by Crippen LogP contribution is 1.74. The highest BCUT2D eigenvalue weighted by Gasteiger charge is 1.96. The van der Waals surface area contributed by atoms with E-state index in [0.29, 0.717) is 0 Å². The van der Waals surface area contributed by atoms with Crippen LogP contribution in [0, 0.1) is 0 Å². The van der Waals surface area contributed by atoms with Gasteiger partial charge in [0.15, 0.2) is 0 Å². The molecule has 0 rings (SSSR count). The topological polar surface area (TPSA) is 401 Å². The maximum atomic E-state index is 9.00. The summed E-state index contributed by atoms with van der Waals surface area (Å²) in [5.74, 6) is -0.833. The van der Waals surface area contributed by atoms with Gasteiger partial charge in [-0.25, -0.2) is 0 Å². The Labute approximate surface area is 231 Å². The quantitative estimate of drug-likeness (QED) is 0.0971. The fraction of sp³-hybridized carbons (Fsp3) is 0.950. The molecular formula is C20H52O20. The predicted octanol–water partition coefficient (Wildman–Crippen LogP) is -9.92. The van der Waals surface area contributed by atoms with Crippen molar-refractivity contribution in [3.63, 3.8) is 0 Å². The molecule has 252 valence electrons. The van der Waals surface area contributed by atoms with Crippen LogP contribution in [0.3, 0.4) is 0 Å². The summed E-state index contributed by atoms with van der Waals surface area (Å²) in [6.45, 7) is -3.29. The van der Waals surface area contributed by atoms with Crippen LogP contribution in [-0.4, -0.2) is 219 Å². The average Bonchev–Trinajstić information content (AvgIpc) is 2.99. The van der Waals surface area contributed by atoms with Gasteiger partial charge in [-0.1, -0.05) is 0 Å². The molecule has 20 heteroatoms. The number of carboxylic acid groups (broad SMARTS) is 1. The van der Waals surface area contributed by atoms with Gasteiger partial charge in [0.05, 0.1) is 79.3 Å². The zero-order valence-corrected chi connectivity index (χ0v) is 22.4. The van der Waals surface area contributed by atoms with E-state index in [2.05, 4.69) is 0 Å². The van der Waals surface area contributed by atoms with Gasteiger partial charge in [0, 0.05) is 6.92 Å². The van der Waals surface area contributed by atoms with Crippen LogP contribution >= 0.6 is 0 Å². The Morgan fingerprint density at radius 2 is 0.400 bits per heavy atom. The van der Waals surface area contributed by atoms with Crippen molar-refractivity contribution >= 4 is 5.97 Å². The first-order valence-corrected chi connectivity index (χ1v) is 11.2. The van der Waals surface area contributed by atoms with E-state index in [1.54, 1.807) is 0 Å². The Balaban J connectivity index is -0.0000000637. The van der Waals surface area contributed by atoms with E-state index < -0.39 is 42.6 Å². The van der Waals surface area contributed by atoms with Gasteiger partial charge in [-0.15, -0.1) is 0 Å². The van der Waals surface area contributed by atoms with Crippen molar-refractivity contribution in [1.82, 2.24) is 0 Å². The third-order valence-corrected chi connectivity index (χ3v) is 2.53. The number of hydrogen-bond donors (Lipinski definition) is 19. The highest BCUT2D eigenvalue weighted by molar-refractivity contribution is 5.62. The Bertz CT molecular complexity index is 303. The molecule has 0 atom stereocenters. The molecule has 0 aromatic rings. The second-order valence-electron chi connectivity index (χ2n) is 6.63. The predicted molar refractivity (Wildman–Crippen MR) is 134 cm³/mol. The lowest BCUT2D eigenvalue weighted by atomic mass is 10.4. The van der Waals surface area contributed by atoms with E-state index in [1.165, 1.54) is 0 Å². The van der Waals surface area contributed by atoms with E-state index in [9.17, 15) is 0 Å². The van der Waals surface area contributed by atoms with Crippen molar-refractivity contribution in [2.75, 3.05) is 79.3 Å². The SMILES string of the molecule is CC(=O)O.OCC(O)CO.OCC(O)CO.OCC(O)CO.OCC(O)CO.OCC(O)CO.OCC(O)CO. The summed E-state index contributed by atoms with van der Waals surface area (Å²) in [6, 6.07) is 0. The van der Waals surface area contributed by atoms with Gasteiger partial charge < -0.3 is 97.0 Å². The Morgan fingerprint density at radius 1 is 0.350 bits per heavy atom. The van der Waals surface area contributed by atoms with Crippen LogP contribution in [0.15, 0.2) is 0 Å². The third kappa shape index (κ3) is 90.8. The molecule has 0 unspecified atom stereocenters. The second kappa shape index (κ2) is 50.6. The molecule has 0 aliphatic heterocycles. The smallest absolute Gasteiger partial charge is 0.300 e. The van der Waals surface area contributed by atoms with Crippen molar-refractivity contribution in [2.24, 2.45) is 0 Å². The first-order chi connectivity index (χ1) is 18.6. The van der Waals surface area contributed by atoms with Crippen LogP contribution in [0.4, 0.5) is 0 Å². The van der Waals surface area contributed by atoms with E-state index >= 15 is 0 Å². The van der Waals surface area contributed by atoms with Gasteiger partial charge in [-0.3, -0.25) is 4.79 Å². The molecule has 0 bridgehead atoms. The minimum absolute atomic E-state index is 0.365. The summed E-state index contributed by atoms with van der Waals surface area (Å²) < 4.78 is 0. The summed E-state index contributed by atoms with van der Waals surface area (Å²) >= 11 is 0. The normalized spacial score (nSPS) is 9.62. The minimum Gasteiger partial charge on any atom is -0.481 e. The average molecular weight is 613 g/mol. The van der Waals surface area contributed by atoms with Gasteiger partial charge in [-0.05, 0) is 0 Å². The van der Waals surface area contributed by atoms with Gasteiger partial charge in [0.1, 0.15) is 36.6 Å². The molecule has 20 nitrogen and oxygen atoms in total. The largest absolute Gasteiger partial charge is 0.481 e. The molecule has 19 N–H and O–H groups in total. The number of rotatable bonds is 12. The second-order valence-corrected chi connectivity index (χ2v) is 6.63. The maximum absolute atomic E-state index is 9.00. The summed E-state index contributed by atoms with van der Waals surface area (Å²) in [6.07, 6.45) is -5.72. The number of aliphatic hydroxyl groups excluding tert-OH is 18. The standard InChI is InChI=1S/6C3H8O3.C2H4O2/c6*4-1-3(6)2-5;1-2(3)4/h6*3-6H,1-2H2;1H3,(H,3,4). The molecule has 0 amide bonds. The van der Waals surface area contributed by atoms with Crippen molar-refractivity contribution in [1.29, 1.82) is 0 Å². The van der Waals surface area contributed by atoms with Crippen molar-refractivity contribution in [3.8, 4) is 0 Å². The fourth-order valence-corrected chi connectivity index (χ4v) is 0.346.